The molecule has 0 bridgehead atoms. The van der Waals surface area contributed by atoms with Gasteiger partial charge in [0.1, 0.15) is 5.02 Å². The summed E-state index contributed by atoms with van der Waals surface area (Å²) in [6, 6.07) is 0. The maximum atomic E-state index is 11.0. The first-order valence-electron chi connectivity index (χ1n) is 4.06. The maximum absolute atomic E-state index is 11.0. The van der Waals surface area contributed by atoms with Crippen LogP contribution >= 0.6 is 11.6 Å². The Morgan fingerprint density at radius 3 is 2.57 bits per heavy atom. The molecule has 0 radical (unpaired) electrons. The second kappa shape index (κ2) is 3.78. The van der Waals surface area contributed by atoms with E-state index in [1.54, 1.807) is 6.92 Å². The number of rotatable bonds is 3. The van der Waals surface area contributed by atoms with Gasteiger partial charge in [-0.25, -0.2) is 13.1 Å². The van der Waals surface area contributed by atoms with Crippen LogP contribution in [0.4, 0.5) is 5.82 Å². The van der Waals surface area contributed by atoms with E-state index in [1.165, 1.54) is 4.68 Å². The predicted molar refractivity (Wildman–Crippen MR) is 56.1 cm³/mol. The molecule has 1 rings (SSSR count). The van der Waals surface area contributed by atoms with E-state index >= 15 is 0 Å². The highest BCUT2D eigenvalue weighted by Gasteiger charge is 2.15. The molecule has 0 atom stereocenters. The van der Waals surface area contributed by atoms with Crippen molar-refractivity contribution in [2.75, 3.05) is 11.0 Å². The summed E-state index contributed by atoms with van der Waals surface area (Å²) in [4.78, 5) is 0. The summed E-state index contributed by atoms with van der Waals surface area (Å²) >= 11 is 5.89. The first-order valence-corrected chi connectivity index (χ1v) is 6.32. The van der Waals surface area contributed by atoms with E-state index < -0.39 is 10.0 Å². The van der Waals surface area contributed by atoms with Gasteiger partial charge in [0.05, 0.1) is 11.9 Å². The summed E-state index contributed by atoms with van der Waals surface area (Å²) in [7, 11) is -3.31. The molecule has 14 heavy (non-hydrogen) atoms. The standard InChI is InChI=1S/C7H12ClN3O2S/c1-4-11-7(10-14(3,12)13)6(8)5(2)9-11/h10H,4H2,1-3H3. The third kappa shape index (κ3) is 2.39. The van der Waals surface area contributed by atoms with Gasteiger partial charge in [-0.05, 0) is 13.8 Å². The Labute approximate surface area is 88.1 Å². The highest BCUT2D eigenvalue weighted by atomic mass is 35.5. The van der Waals surface area contributed by atoms with E-state index in [-0.39, 0.29) is 0 Å². The fourth-order valence-electron chi connectivity index (χ4n) is 1.06. The van der Waals surface area contributed by atoms with Crippen molar-refractivity contribution in [1.82, 2.24) is 9.78 Å². The van der Waals surface area contributed by atoms with Gasteiger partial charge in [-0.15, -0.1) is 0 Å². The molecule has 80 valence electrons. The van der Waals surface area contributed by atoms with Gasteiger partial charge in [-0.1, -0.05) is 11.6 Å². The molecule has 0 aromatic carbocycles. The van der Waals surface area contributed by atoms with Crippen molar-refractivity contribution >= 4 is 27.4 Å². The van der Waals surface area contributed by atoms with Crippen LogP contribution in [0.2, 0.25) is 5.02 Å². The molecule has 0 saturated carbocycles. The van der Waals surface area contributed by atoms with Gasteiger partial charge in [-0.3, -0.25) is 4.72 Å². The zero-order chi connectivity index (χ0) is 10.9. The Bertz CT molecular complexity index is 438. The normalized spacial score (nSPS) is 11.7. The fourth-order valence-corrected chi connectivity index (χ4v) is 1.86. The summed E-state index contributed by atoms with van der Waals surface area (Å²) in [6.45, 7) is 4.14. The smallest absolute Gasteiger partial charge is 0.231 e. The van der Waals surface area contributed by atoms with Gasteiger partial charge in [0.2, 0.25) is 10.0 Å². The first-order chi connectivity index (χ1) is 6.35. The fraction of sp³-hybridized carbons (Fsp3) is 0.571. The molecule has 0 aliphatic carbocycles. The number of sulfonamides is 1. The Hall–Kier alpha value is -0.750. The molecule has 0 fully saturated rings. The summed E-state index contributed by atoms with van der Waals surface area (Å²) in [5.74, 6) is 0.328. The van der Waals surface area contributed by atoms with Crippen LogP contribution in [0.1, 0.15) is 12.6 Å². The van der Waals surface area contributed by atoms with Crippen LogP contribution in [-0.2, 0) is 16.6 Å². The molecule has 0 unspecified atom stereocenters. The lowest BCUT2D eigenvalue weighted by Gasteiger charge is -2.05. The van der Waals surface area contributed by atoms with Gasteiger partial charge in [-0.2, -0.15) is 5.10 Å². The van der Waals surface area contributed by atoms with Crippen molar-refractivity contribution < 1.29 is 8.42 Å². The molecule has 0 aliphatic heterocycles. The minimum atomic E-state index is -3.31. The van der Waals surface area contributed by atoms with Crippen molar-refractivity contribution in [2.45, 2.75) is 20.4 Å². The Morgan fingerprint density at radius 2 is 2.14 bits per heavy atom. The van der Waals surface area contributed by atoms with E-state index in [1.807, 2.05) is 6.92 Å². The van der Waals surface area contributed by atoms with Crippen LogP contribution in [-0.4, -0.2) is 24.5 Å². The van der Waals surface area contributed by atoms with E-state index in [9.17, 15) is 8.42 Å². The van der Waals surface area contributed by atoms with Gasteiger partial charge in [0.25, 0.3) is 0 Å². The molecule has 0 aliphatic rings. The number of aromatic nitrogens is 2. The zero-order valence-corrected chi connectivity index (χ0v) is 9.78. The lowest BCUT2D eigenvalue weighted by molar-refractivity contribution is 0.604. The summed E-state index contributed by atoms with van der Waals surface area (Å²) in [5, 5.41) is 4.42. The van der Waals surface area contributed by atoms with Crippen molar-refractivity contribution in [3.8, 4) is 0 Å². The molecule has 1 heterocycles. The largest absolute Gasteiger partial charge is 0.267 e. The number of nitrogens with zero attached hydrogens (tertiary/aromatic N) is 2. The molecule has 5 nitrogen and oxygen atoms in total. The quantitative estimate of drug-likeness (QED) is 0.860. The second-order valence-corrected chi connectivity index (χ2v) is 5.06. The summed E-state index contributed by atoms with van der Waals surface area (Å²) in [5.41, 5.74) is 0.611. The molecule has 0 spiro atoms. The molecular formula is C7H12ClN3O2S. The minimum Gasteiger partial charge on any atom is -0.267 e. The monoisotopic (exact) mass is 237 g/mol. The first kappa shape index (κ1) is 11.3. The number of hydrogen-bond acceptors (Lipinski definition) is 3. The summed E-state index contributed by atoms with van der Waals surface area (Å²) < 4.78 is 25.9. The van der Waals surface area contributed by atoms with E-state index in [4.69, 9.17) is 11.6 Å². The van der Waals surface area contributed by atoms with Crippen LogP contribution in [0, 0.1) is 6.92 Å². The number of hydrogen-bond donors (Lipinski definition) is 1. The average molecular weight is 238 g/mol. The van der Waals surface area contributed by atoms with E-state index in [2.05, 4.69) is 9.82 Å². The van der Waals surface area contributed by atoms with Gasteiger partial charge in [0, 0.05) is 6.54 Å². The number of nitrogens with one attached hydrogen (secondary N) is 1. The Balaban J connectivity index is 3.18. The molecule has 1 N–H and O–H groups in total. The predicted octanol–water partition coefficient (Wildman–Crippen LogP) is 1.24. The SMILES string of the molecule is CCn1nc(C)c(Cl)c1NS(C)(=O)=O. The minimum absolute atomic E-state index is 0.328. The number of anilines is 1. The molecule has 1 aromatic rings. The van der Waals surface area contributed by atoms with Crippen LogP contribution in [0.3, 0.4) is 0 Å². The third-order valence-corrected chi connectivity index (χ3v) is 2.65. The van der Waals surface area contributed by atoms with Gasteiger partial charge in [0.15, 0.2) is 5.82 Å². The lowest BCUT2D eigenvalue weighted by Crippen LogP contribution is -2.14. The average Bonchev–Trinajstić information content (AvgIpc) is 2.30. The van der Waals surface area contributed by atoms with Crippen molar-refractivity contribution in [1.29, 1.82) is 0 Å². The topological polar surface area (TPSA) is 64.0 Å². The van der Waals surface area contributed by atoms with Crippen LogP contribution in [0.25, 0.3) is 0 Å². The molecule has 7 heteroatoms. The van der Waals surface area contributed by atoms with Gasteiger partial charge >= 0.3 is 0 Å². The van der Waals surface area contributed by atoms with Crippen molar-refractivity contribution in [3.63, 3.8) is 0 Å². The maximum Gasteiger partial charge on any atom is 0.231 e. The Kier molecular flexibility index (Phi) is 3.06. The number of aryl methyl sites for hydroxylation is 2. The highest BCUT2D eigenvalue weighted by molar-refractivity contribution is 7.92. The van der Waals surface area contributed by atoms with Gasteiger partial charge < -0.3 is 0 Å². The number of halogens is 1. The Morgan fingerprint density at radius 1 is 1.57 bits per heavy atom. The van der Waals surface area contributed by atoms with Crippen LogP contribution in [0.15, 0.2) is 0 Å². The van der Waals surface area contributed by atoms with E-state index in [0.717, 1.165) is 6.26 Å². The van der Waals surface area contributed by atoms with Crippen LogP contribution in [0.5, 0.6) is 0 Å². The molecule has 1 aromatic heterocycles. The van der Waals surface area contributed by atoms with Crippen LogP contribution < -0.4 is 4.72 Å². The third-order valence-electron chi connectivity index (χ3n) is 1.64. The molecule has 0 amide bonds. The molecule has 0 saturated heterocycles. The van der Waals surface area contributed by atoms with Crippen molar-refractivity contribution in [2.24, 2.45) is 0 Å². The zero-order valence-electron chi connectivity index (χ0n) is 8.20. The summed E-state index contributed by atoms with van der Waals surface area (Å²) in [6.07, 6.45) is 1.08. The molecular weight excluding hydrogens is 226 g/mol. The second-order valence-electron chi connectivity index (χ2n) is 2.94. The highest BCUT2D eigenvalue weighted by Crippen LogP contribution is 2.25. The van der Waals surface area contributed by atoms with E-state index in [0.29, 0.717) is 23.1 Å². The van der Waals surface area contributed by atoms with Crippen molar-refractivity contribution in [3.05, 3.63) is 10.7 Å². The lowest BCUT2D eigenvalue weighted by atomic mass is 10.5.